The van der Waals surface area contributed by atoms with Gasteiger partial charge in [0, 0.05) is 12.5 Å². The minimum Gasteiger partial charge on any atom is -0.353 e. The molecule has 0 aromatic rings. The molecule has 3 N–H and O–H groups in total. The van der Waals surface area contributed by atoms with E-state index >= 15 is 0 Å². The van der Waals surface area contributed by atoms with Crippen LogP contribution >= 0.6 is 0 Å². The molecule has 0 aromatic heterocycles. The molecule has 0 saturated heterocycles. The average Bonchev–Trinajstić information content (AvgIpc) is 2.25. The fraction of sp³-hybridized carbons (Fsp3) is 0.917. The maximum absolute atomic E-state index is 11.5. The molecule has 0 spiro atoms. The zero-order valence-electron chi connectivity index (χ0n) is 10.2. The van der Waals surface area contributed by atoms with E-state index < -0.39 is 0 Å². The van der Waals surface area contributed by atoms with Gasteiger partial charge in [0.1, 0.15) is 0 Å². The lowest BCUT2D eigenvalue weighted by Gasteiger charge is -2.14. The molecule has 0 atom stereocenters. The number of hydrogen-bond acceptors (Lipinski definition) is 2. The molecule has 90 valence electrons. The number of amides is 1. The number of carbonyl (C=O) groups excluding carboxylic acids is 1. The van der Waals surface area contributed by atoms with Crippen molar-refractivity contribution in [1.82, 2.24) is 5.32 Å². The van der Waals surface area contributed by atoms with Crippen LogP contribution in [0.3, 0.4) is 0 Å². The first kappa shape index (κ1) is 14.4. The van der Waals surface area contributed by atoms with Gasteiger partial charge in [-0.1, -0.05) is 26.7 Å². The highest BCUT2D eigenvalue weighted by Crippen LogP contribution is 2.03. The van der Waals surface area contributed by atoms with Crippen LogP contribution < -0.4 is 11.1 Å². The Morgan fingerprint density at radius 1 is 1.13 bits per heavy atom. The maximum Gasteiger partial charge on any atom is 0.220 e. The highest BCUT2D eigenvalue weighted by atomic mass is 16.1. The second-order valence-corrected chi connectivity index (χ2v) is 4.03. The van der Waals surface area contributed by atoms with Gasteiger partial charge < -0.3 is 11.1 Å². The minimum atomic E-state index is 0.205. The van der Waals surface area contributed by atoms with E-state index in [9.17, 15) is 4.79 Å². The number of unbranched alkanes of at least 4 members (excludes halogenated alkanes) is 3. The van der Waals surface area contributed by atoms with Crippen LogP contribution in [0.25, 0.3) is 0 Å². The van der Waals surface area contributed by atoms with Gasteiger partial charge >= 0.3 is 0 Å². The van der Waals surface area contributed by atoms with E-state index in [4.69, 9.17) is 5.73 Å². The zero-order chi connectivity index (χ0) is 11.5. The van der Waals surface area contributed by atoms with Gasteiger partial charge in [0.15, 0.2) is 0 Å². The van der Waals surface area contributed by atoms with Crippen LogP contribution in [0.1, 0.15) is 58.8 Å². The summed E-state index contributed by atoms with van der Waals surface area (Å²) in [5, 5.41) is 3.04. The molecule has 0 heterocycles. The van der Waals surface area contributed by atoms with Crippen molar-refractivity contribution >= 4 is 5.91 Å². The number of rotatable bonds is 9. The third-order valence-electron chi connectivity index (χ3n) is 2.71. The predicted octanol–water partition coefficient (Wildman–Crippen LogP) is 2.20. The fourth-order valence-corrected chi connectivity index (χ4v) is 1.58. The van der Waals surface area contributed by atoms with E-state index in [0.717, 1.165) is 45.1 Å². The largest absolute Gasteiger partial charge is 0.353 e. The normalized spacial score (nSPS) is 10.7. The molecular weight excluding hydrogens is 188 g/mol. The maximum atomic E-state index is 11.5. The Morgan fingerprint density at radius 3 is 2.27 bits per heavy atom. The first-order chi connectivity index (χ1) is 7.24. The molecule has 0 unspecified atom stereocenters. The van der Waals surface area contributed by atoms with Crippen molar-refractivity contribution in [3.05, 3.63) is 0 Å². The van der Waals surface area contributed by atoms with E-state index in [-0.39, 0.29) is 5.91 Å². The summed E-state index contributed by atoms with van der Waals surface area (Å²) in [6.07, 6.45) is 7.05. The third kappa shape index (κ3) is 8.43. The molecule has 3 heteroatoms. The lowest BCUT2D eigenvalue weighted by Crippen LogP contribution is -2.33. The Hall–Kier alpha value is -0.570. The van der Waals surface area contributed by atoms with Crippen molar-refractivity contribution in [2.24, 2.45) is 5.73 Å². The third-order valence-corrected chi connectivity index (χ3v) is 2.71. The fourth-order valence-electron chi connectivity index (χ4n) is 1.58. The summed E-state index contributed by atoms with van der Waals surface area (Å²) in [5.74, 6) is 0.205. The van der Waals surface area contributed by atoms with Crippen LogP contribution in [0.15, 0.2) is 0 Å². The summed E-state index contributed by atoms with van der Waals surface area (Å²) >= 11 is 0. The minimum absolute atomic E-state index is 0.205. The molecule has 0 fully saturated rings. The number of nitrogens with one attached hydrogen (secondary N) is 1. The van der Waals surface area contributed by atoms with Crippen LogP contribution in [-0.2, 0) is 4.79 Å². The van der Waals surface area contributed by atoms with Crippen LogP contribution in [0.4, 0.5) is 0 Å². The van der Waals surface area contributed by atoms with Gasteiger partial charge in [0.25, 0.3) is 0 Å². The number of hydrogen-bond donors (Lipinski definition) is 2. The summed E-state index contributed by atoms with van der Waals surface area (Å²) in [6, 6.07) is 0.363. The number of carbonyl (C=O) groups is 1. The molecule has 0 saturated carbocycles. The molecule has 0 aliphatic rings. The highest BCUT2D eigenvalue weighted by Gasteiger charge is 2.07. The van der Waals surface area contributed by atoms with Crippen molar-refractivity contribution in [2.45, 2.75) is 64.8 Å². The van der Waals surface area contributed by atoms with E-state index in [1.165, 1.54) is 0 Å². The SMILES string of the molecule is CCC(CC)NC(=O)CCCCCCN. The van der Waals surface area contributed by atoms with Crippen LogP contribution in [0.2, 0.25) is 0 Å². The molecular formula is C12H26N2O. The molecule has 0 radical (unpaired) electrons. The van der Waals surface area contributed by atoms with Crippen molar-refractivity contribution in [3.8, 4) is 0 Å². The summed E-state index contributed by atoms with van der Waals surface area (Å²) in [6.45, 7) is 4.98. The topological polar surface area (TPSA) is 55.1 Å². The van der Waals surface area contributed by atoms with Crippen LogP contribution in [-0.4, -0.2) is 18.5 Å². The number of nitrogens with two attached hydrogens (primary N) is 1. The van der Waals surface area contributed by atoms with Gasteiger partial charge in [-0.05, 0) is 32.2 Å². The van der Waals surface area contributed by atoms with Crippen molar-refractivity contribution < 1.29 is 4.79 Å². The van der Waals surface area contributed by atoms with E-state index in [1.807, 2.05) is 0 Å². The Balaban J connectivity index is 3.40. The monoisotopic (exact) mass is 214 g/mol. The van der Waals surface area contributed by atoms with E-state index in [1.54, 1.807) is 0 Å². The first-order valence-corrected chi connectivity index (χ1v) is 6.24. The molecule has 15 heavy (non-hydrogen) atoms. The van der Waals surface area contributed by atoms with E-state index in [2.05, 4.69) is 19.2 Å². The standard InChI is InChI=1S/C12H26N2O/c1-3-11(4-2)14-12(15)9-7-5-6-8-10-13/h11H,3-10,13H2,1-2H3,(H,14,15). The van der Waals surface area contributed by atoms with Crippen molar-refractivity contribution in [3.63, 3.8) is 0 Å². The predicted molar refractivity (Wildman–Crippen MR) is 64.7 cm³/mol. The Morgan fingerprint density at radius 2 is 1.73 bits per heavy atom. The lowest BCUT2D eigenvalue weighted by atomic mass is 10.1. The van der Waals surface area contributed by atoms with Gasteiger partial charge in [-0.25, -0.2) is 0 Å². The molecule has 1 amide bonds. The molecule has 0 rings (SSSR count). The Kier molecular flexibility index (Phi) is 9.59. The van der Waals surface area contributed by atoms with Crippen molar-refractivity contribution in [1.29, 1.82) is 0 Å². The molecule has 0 bridgehead atoms. The Bertz CT molecular complexity index is 156. The Labute approximate surface area is 93.8 Å². The molecule has 0 aromatic carbocycles. The highest BCUT2D eigenvalue weighted by molar-refractivity contribution is 5.76. The van der Waals surface area contributed by atoms with Crippen molar-refractivity contribution in [2.75, 3.05) is 6.54 Å². The zero-order valence-corrected chi connectivity index (χ0v) is 10.2. The second-order valence-electron chi connectivity index (χ2n) is 4.03. The summed E-state index contributed by atoms with van der Waals surface area (Å²) < 4.78 is 0. The van der Waals surface area contributed by atoms with Crippen LogP contribution in [0, 0.1) is 0 Å². The summed E-state index contributed by atoms with van der Waals surface area (Å²) in [5.41, 5.74) is 5.39. The summed E-state index contributed by atoms with van der Waals surface area (Å²) in [7, 11) is 0. The smallest absolute Gasteiger partial charge is 0.220 e. The summed E-state index contributed by atoms with van der Waals surface area (Å²) in [4.78, 5) is 11.5. The lowest BCUT2D eigenvalue weighted by molar-refractivity contribution is -0.121. The molecule has 0 aliphatic heterocycles. The first-order valence-electron chi connectivity index (χ1n) is 6.24. The van der Waals surface area contributed by atoms with Gasteiger partial charge in [-0.3, -0.25) is 4.79 Å². The van der Waals surface area contributed by atoms with Gasteiger partial charge in [-0.15, -0.1) is 0 Å². The average molecular weight is 214 g/mol. The van der Waals surface area contributed by atoms with Gasteiger partial charge in [-0.2, -0.15) is 0 Å². The second kappa shape index (κ2) is 9.97. The van der Waals surface area contributed by atoms with Gasteiger partial charge in [0.2, 0.25) is 5.91 Å². The quantitative estimate of drug-likeness (QED) is 0.578. The van der Waals surface area contributed by atoms with Gasteiger partial charge in [0.05, 0.1) is 0 Å². The van der Waals surface area contributed by atoms with Crippen LogP contribution in [0.5, 0.6) is 0 Å². The van der Waals surface area contributed by atoms with E-state index in [0.29, 0.717) is 12.5 Å². The molecule has 3 nitrogen and oxygen atoms in total. The molecule has 0 aliphatic carbocycles.